The summed E-state index contributed by atoms with van der Waals surface area (Å²) >= 11 is 1.91. The molecule has 20 heavy (non-hydrogen) atoms. The molecule has 2 rings (SSSR count). The summed E-state index contributed by atoms with van der Waals surface area (Å²) in [6.45, 7) is 6.44. The van der Waals surface area contributed by atoms with Gasteiger partial charge < -0.3 is 11.1 Å². The molecule has 1 aliphatic carbocycles. The van der Waals surface area contributed by atoms with Gasteiger partial charge in [0.05, 0.1) is 5.54 Å². The Labute approximate surface area is 131 Å². The van der Waals surface area contributed by atoms with Gasteiger partial charge in [0.25, 0.3) is 0 Å². The van der Waals surface area contributed by atoms with E-state index < -0.39 is 5.54 Å². The minimum atomic E-state index is -0.616. The molecular formula is C15H23ClN2OS. The van der Waals surface area contributed by atoms with Gasteiger partial charge in [0.2, 0.25) is 5.91 Å². The van der Waals surface area contributed by atoms with E-state index in [1.165, 1.54) is 5.56 Å². The zero-order chi connectivity index (χ0) is 14.0. The van der Waals surface area contributed by atoms with E-state index in [2.05, 4.69) is 32.2 Å². The van der Waals surface area contributed by atoms with Gasteiger partial charge in [-0.05, 0) is 42.2 Å². The number of carbonyl (C=O) groups excluding carboxylic acids is 1. The monoisotopic (exact) mass is 314 g/mol. The number of hydrogen-bond donors (Lipinski definition) is 2. The van der Waals surface area contributed by atoms with E-state index >= 15 is 0 Å². The van der Waals surface area contributed by atoms with Crippen molar-refractivity contribution in [2.24, 2.45) is 5.73 Å². The highest BCUT2D eigenvalue weighted by Crippen LogP contribution is 2.34. The zero-order valence-corrected chi connectivity index (χ0v) is 13.9. The summed E-state index contributed by atoms with van der Waals surface area (Å²) in [6, 6.07) is 6.06. The lowest BCUT2D eigenvalue weighted by molar-refractivity contribution is -0.118. The molecule has 5 heteroatoms. The summed E-state index contributed by atoms with van der Waals surface area (Å²) in [4.78, 5) is 12.0. The molecule has 112 valence electrons. The Kier molecular flexibility index (Phi) is 5.92. The van der Waals surface area contributed by atoms with Crippen molar-refractivity contribution in [1.29, 1.82) is 0 Å². The van der Waals surface area contributed by atoms with Crippen LogP contribution in [0.1, 0.15) is 37.8 Å². The van der Waals surface area contributed by atoms with Gasteiger partial charge in [-0.1, -0.05) is 26.0 Å². The summed E-state index contributed by atoms with van der Waals surface area (Å²) < 4.78 is 0. The average molecular weight is 315 g/mol. The van der Waals surface area contributed by atoms with Gasteiger partial charge >= 0.3 is 0 Å². The summed E-state index contributed by atoms with van der Waals surface area (Å²) in [7, 11) is 0. The Morgan fingerprint density at radius 2 is 2.10 bits per heavy atom. The fraction of sp³-hybridized carbons (Fsp3) is 0.533. The maximum atomic E-state index is 12.0. The Morgan fingerprint density at radius 3 is 2.65 bits per heavy atom. The van der Waals surface area contributed by atoms with Crippen molar-refractivity contribution in [2.75, 3.05) is 5.32 Å². The smallest absolute Gasteiger partial charge is 0.244 e. The van der Waals surface area contributed by atoms with Crippen LogP contribution in [0.25, 0.3) is 0 Å². The second-order valence-electron chi connectivity index (χ2n) is 5.56. The van der Waals surface area contributed by atoms with Crippen molar-refractivity contribution in [3.63, 3.8) is 0 Å². The van der Waals surface area contributed by atoms with E-state index in [4.69, 9.17) is 5.73 Å². The molecule has 0 radical (unpaired) electrons. The first-order valence-electron chi connectivity index (χ1n) is 6.73. The third kappa shape index (κ3) is 4.14. The standard InChI is InChI=1S/C15H22N2OS.ClH/c1-10(2)19-9-12-5-4-6-13(11(12)3)17-14(18)15(16)7-8-15;/h4-6,10H,7-9,16H2,1-3H3,(H,17,18);1H. The van der Waals surface area contributed by atoms with Crippen molar-refractivity contribution in [1.82, 2.24) is 0 Å². The lowest BCUT2D eigenvalue weighted by atomic mass is 10.1. The van der Waals surface area contributed by atoms with Gasteiger partial charge in [-0.3, -0.25) is 4.79 Å². The van der Waals surface area contributed by atoms with Crippen LogP contribution in [0.2, 0.25) is 0 Å². The van der Waals surface area contributed by atoms with Crippen molar-refractivity contribution < 1.29 is 4.79 Å². The SMILES string of the molecule is Cc1c(CSC(C)C)cccc1NC(=O)C1(N)CC1.Cl. The highest BCUT2D eigenvalue weighted by Gasteiger charge is 2.46. The number of halogens is 1. The van der Waals surface area contributed by atoms with E-state index in [0.29, 0.717) is 5.25 Å². The molecule has 0 spiro atoms. The van der Waals surface area contributed by atoms with Crippen molar-refractivity contribution in [3.8, 4) is 0 Å². The molecule has 0 heterocycles. The molecule has 1 aromatic rings. The maximum absolute atomic E-state index is 12.0. The Morgan fingerprint density at radius 1 is 1.45 bits per heavy atom. The number of benzene rings is 1. The van der Waals surface area contributed by atoms with Gasteiger partial charge in [-0.15, -0.1) is 12.4 Å². The molecule has 3 N–H and O–H groups in total. The molecule has 0 unspecified atom stereocenters. The van der Waals surface area contributed by atoms with Crippen LogP contribution in [0, 0.1) is 6.92 Å². The third-order valence-corrected chi connectivity index (χ3v) is 4.65. The second kappa shape index (κ2) is 6.83. The number of carbonyl (C=O) groups is 1. The number of anilines is 1. The number of nitrogens with two attached hydrogens (primary N) is 1. The molecule has 0 aromatic heterocycles. The van der Waals surface area contributed by atoms with Crippen LogP contribution in [0.5, 0.6) is 0 Å². The van der Waals surface area contributed by atoms with E-state index in [-0.39, 0.29) is 18.3 Å². The van der Waals surface area contributed by atoms with E-state index in [1.807, 2.05) is 23.9 Å². The van der Waals surface area contributed by atoms with Crippen LogP contribution >= 0.6 is 24.2 Å². The molecule has 1 aliphatic rings. The number of rotatable bonds is 5. The predicted molar refractivity (Wildman–Crippen MR) is 89.6 cm³/mol. The van der Waals surface area contributed by atoms with Crippen LogP contribution in [0.4, 0.5) is 5.69 Å². The summed E-state index contributed by atoms with van der Waals surface area (Å²) in [5, 5.41) is 3.58. The van der Waals surface area contributed by atoms with Gasteiger partial charge in [-0.2, -0.15) is 11.8 Å². The molecule has 0 atom stereocenters. The van der Waals surface area contributed by atoms with Gasteiger partial charge in [-0.25, -0.2) is 0 Å². The number of thioether (sulfide) groups is 1. The highest BCUT2D eigenvalue weighted by molar-refractivity contribution is 7.99. The van der Waals surface area contributed by atoms with E-state index in [1.54, 1.807) is 0 Å². The van der Waals surface area contributed by atoms with Crippen molar-refractivity contribution in [2.45, 2.75) is 50.2 Å². The number of nitrogens with one attached hydrogen (secondary N) is 1. The molecule has 0 aliphatic heterocycles. The summed E-state index contributed by atoms with van der Waals surface area (Å²) in [6.07, 6.45) is 1.58. The van der Waals surface area contributed by atoms with Crippen LogP contribution in [0.15, 0.2) is 18.2 Å². The largest absolute Gasteiger partial charge is 0.324 e. The quantitative estimate of drug-likeness (QED) is 0.874. The average Bonchev–Trinajstić information content (AvgIpc) is 3.09. The van der Waals surface area contributed by atoms with Crippen LogP contribution in [-0.2, 0) is 10.5 Å². The molecule has 1 amide bonds. The normalized spacial score (nSPS) is 15.7. The fourth-order valence-electron chi connectivity index (χ4n) is 1.84. The number of amides is 1. The zero-order valence-electron chi connectivity index (χ0n) is 12.2. The van der Waals surface area contributed by atoms with Crippen LogP contribution in [0.3, 0.4) is 0 Å². The lowest BCUT2D eigenvalue weighted by Gasteiger charge is -2.15. The molecule has 3 nitrogen and oxygen atoms in total. The first-order chi connectivity index (χ1) is 8.92. The van der Waals surface area contributed by atoms with E-state index in [9.17, 15) is 4.79 Å². The first-order valence-corrected chi connectivity index (χ1v) is 7.78. The molecule has 1 aromatic carbocycles. The third-order valence-electron chi connectivity index (χ3n) is 3.51. The van der Waals surface area contributed by atoms with Crippen LogP contribution < -0.4 is 11.1 Å². The molecule has 0 saturated heterocycles. The Balaban J connectivity index is 0.00000200. The van der Waals surface area contributed by atoms with Gasteiger partial charge in [0.15, 0.2) is 0 Å². The second-order valence-corrected chi connectivity index (χ2v) is 7.12. The van der Waals surface area contributed by atoms with Gasteiger partial charge in [0.1, 0.15) is 0 Å². The molecular weight excluding hydrogens is 292 g/mol. The van der Waals surface area contributed by atoms with Crippen LogP contribution in [-0.4, -0.2) is 16.7 Å². The summed E-state index contributed by atoms with van der Waals surface area (Å²) in [5.41, 5.74) is 8.61. The Bertz CT molecular complexity index is 487. The maximum Gasteiger partial charge on any atom is 0.244 e. The fourth-order valence-corrected chi connectivity index (χ4v) is 2.67. The first kappa shape index (κ1) is 17.3. The molecule has 1 fully saturated rings. The van der Waals surface area contributed by atoms with E-state index in [0.717, 1.165) is 29.8 Å². The summed E-state index contributed by atoms with van der Waals surface area (Å²) in [5.74, 6) is 0.922. The lowest BCUT2D eigenvalue weighted by Crippen LogP contribution is -2.38. The molecule has 0 bridgehead atoms. The van der Waals surface area contributed by atoms with Crippen molar-refractivity contribution in [3.05, 3.63) is 29.3 Å². The minimum absolute atomic E-state index is 0. The Hall–Kier alpha value is -0.710. The van der Waals surface area contributed by atoms with Gasteiger partial charge in [0, 0.05) is 11.4 Å². The number of hydrogen-bond acceptors (Lipinski definition) is 3. The minimum Gasteiger partial charge on any atom is -0.324 e. The molecule has 1 saturated carbocycles. The topological polar surface area (TPSA) is 55.1 Å². The highest BCUT2D eigenvalue weighted by atomic mass is 35.5. The van der Waals surface area contributed by atoms with Crippen molar-refractivity contribution >= 4 is 35.8 Å². The predicted octanol–water partition coefficient (Wildman–Crippen LogP) is 3.49.